The summed E-state index contributed by atoms with van der Waals surface area (Å²) in [4.78, 5) is 0. The van der Waals surface area contributed by atoms with Crippen molar-refractivity contribution in [1.29, 1.82) is 0 Å². The van der Waals surface area contributed by atoms with Crippen molar-refractivity contribution in [2.75, 3.05) is 25.6 Å². The Kier molecular flexibility index (Phi) is 5.39. The first kappa shape index (κ1) is 12.5. The Morgan fingerprint density at radius 3 is 2.94 bits per heavy atom. The average molecular weight is 223 g/mol. The molecule has 3 N–H and O–H groups in total. The molecular formula is C12H17NO3. The Morgan fingerprint density at radius 1 is 1.44 bits per heavy atom. The van der Waals surface area contributed by atoms with Gasteiger partial charge in [-0.15, -0.1) is 6.58 Å². The van der Waals surface area contributed by atoms with E-state index in [-0.39, 0.29) is 13.2 Å². The van der Waals surface area contributed by atoms with Crippen LogP contribution in [0.5, 0.6) is 5.75 Å². The minimum atomic E-state index is -0.0165. The van der Waals surface area contributed by atoms with Crippen molar-refractivity contribution >= 4 is 5.69 Å². The van der Waals surface area contributed by atoms with Gasteiger partial charge >= 0.3 is 0 Å². The minimum Gasteiger partial charge on any atom is -0.491 e. The molecule has 0 aliphatic heterocycles. The molecule has 0 saturated heterocycles. The third-order valence-corrected chi connectivity index (χ3v) is 1.93. The maximum absolute atomic E-state index is 8.69. The lowest BCUT2D eigenvalue weighted by atomic mass is 10.2. The summed E-state index contributed by atoms with van der Waals surface area (Å²) in [5.74, 6) is 0.687. The SMILES string of the molecule is C=CCOCc1cc(N)ccc1OCCO. The van der Waals surface area contributed by atoms with Crippen molar-refractivity contribution in [3.63, 3.8) is 0 Å². The standard InChI is InChI=1S/C12H17NO3/c1-2-6-15-9-10-8-11(13)3-4-12(10)16-7-5-14/h2-4,8,14H,1,5-7,9,13H2. The van der Waals surface area contributed by atoms with Crippen LogP contribution < -0.4 is 10.5 Å². The van der Waals surface area contributed by atoms with Crippen molar-refractivity contribution in [1.82, 2.24) is 0 Å². The van der Waals surface area contributed by atoms with Crippen LogP contribution in [0.2, 0.25) is 0 Å². The molecule has 0 spiro atoms. The smallest absolute Gasteiger partial charge is 0.125 e. The van der Waals surface area contributed by atoms with E-state index in [0.29, 0.717) is 24.7 Å². The molecule has 16 heavy (non-hydrogen) atoms. The van der Waals surface area contributed by atoms with Gasteiger partial charge in [-0.3, -0.25) is 0 Å². The predicted octanol–water partition coefficient (Wildman–Crippen LogP) is 1.34. The highest BCUT2D eigenvalue weighted by Gasteiger charge is 2.04. The summed E-state index contributed by atoms with van der Waals surface area (Å²) in [6.45, 7) is 4.71. The number of hydrogen-bond donors (Lipinski definition) is 2. The fourth-order valence-corrected chi connectivity index (χ4v) is 1.26. The zero-order valence-corrected chi connectivity index (χ0v) is 9.19. The molecule has 0 saturated carbocycles. The van der Waals surface area contributed by atoms with Gasteiger partial charge in [0.15, 0.2) is 0 Å². The second-order valence-electron chi connectivity index (χ2n) is 3.24. The summed E-state index contributed by atoms with van der Waals surface area (Å²) < 4.78 is 10.7. The lowest BCUT2D eigenvalue weighted by molar-refractivity contribution is 0.143. The molecule has 1 aromatic carbocycles. The molecular weight excluding hydrogens is 206 g/mol. The number of anilines is 1. The summed E-state index contributed by atoms with van der Waals surface area (Å²) in [6.07, 6.45) is 1.68. The molecule has 0 aliphatic carbocycles. The van der Waals surface area contributed by atoms with Gasteiger partial charge in [0.1, 0.15) is 12.4 Å². The van der Waals surface area contributed by atoms with E-state index >= 15 is 0 Å². The summed E-state index contributed by atoms with van der Waals surface area (Å²) in [6, 6.07) is 5.33. The van der Waals surface area contributed by atoms with Gasteiger partial charge in [-0.2, -0.15) is 0 Å². The van der Waals surface area contributed by atoms with E-state index in [4.69, 9.17) is 20.3 Å². The third kappa shape index (κ3) is 3.92. The van der Waals surface area contributed by atoms with Gasteiger partial charge in [0, 0.05) is 11.3 Å². The monoisotopic (exact) mass is 223 g/mol. The summed E-state index contributed by atoms with van der Waals surface area (Å²) in [5.41, 5.74) is 7.21. The molecule has 0 amide bonds. The van der Waals surface area contributed by atoms with Crippen LogP contribution in [0.4, 0.5) is 5.69 Å². The topological polar surface area (TPSA) is 64.7 Å². The molecule has 88 valence electrons. The van der Waals surface area contributed by atoms with Crippen LogP contribution in [0.3, 0.4) is 0 Å². The van der Waals surface area contributed by atoms with Gasteiger partial charge in [-0.05, 0) is 18.2 Å². The quantitative estimate of drug-likeness (QED) is 0.416. The summed E-state index contributed by atoms with van der Waals surface area (Å²) in [5, 5.41) is 8.69. The zero-order chi connectivity index (χ0) is 11.8. The highest BCUT2D eigenvalue weighted by atomic mass is 16.5. The van der Waals surface area contributed by atoms with Gasteiger partial charge < -0.3 is 20.3 Å². The Bertz CT molecular complexity index is 339. The van der Waals surface area contributed by atoms with Crippen LogP contribution in [0.15, 0.2) is 30.9 Å². The van der Waals surface area contributed by atoms with Crippen LogP contribution in [0, 0.1) is 0 Å². The normalized spacial score (nSPS) is 10.1. The molecule has 0 atom stereocenters. The maximum Gasteiger partial charge on any atom is 0.125 e. The van der Waals surface area contributed by atoms with Crippen molar-refractivity contribution in [2.45, 2.75) is 6.61 Å². The van der Waals surface area contributed by atoms with Gasteiger partial charge in [0.2, 0.25) is 0 Å². The Labute approximate surface area is 95.3 Å². The second-order valence-corrected chi connectivity index (χ2v) is 3.24. The fraction of sp³-hybridized carbons (Fsp3) is 0.333. The Hall–Kier alpha value is -1.52. The van der Waals surface area contributed by atoms with Crippen LogP contribution in [-0.4, -0.2) is 24.9 Å². The highest BCUT2D eigenvalue weighted by molar-refractivity contribution is 5.47. The first-order valence-electron chi connectivity index (χ1n) is 5.08. The first-order chi connectivity index (χ1) is 7.77. The number of nitrogens with two attached hydrogens (primary N) is 1. The molecule has 0 heterocycles. The number of hydrogen-bond acceptors (Lipinski definition) is 4. The molecule has 1 aromatic rings. The number of aliphatic hydroxyl groups excluding tert-OH is 1. The molecule has 0 fully saturated rings. The number of rotatable bonds is 7. The van der Waals surface area contributed by atoms with Crippen LogP contribution in [0.1, 0.15) is 5.56 Å². The average Bonchev–Trinajstić information content (AvgIpc) is 2.28. The van der Waals surface area contributed by atoms with E-state index in [1.165, 1.54) is 0 Å². The number of nitrogen functional groups attached to an aromatic ring is 1. The van der Waals surface area contributed by atoms with Crippen molar-refractivity contribution < 1.29 is 14.6 Å². The Balaban J connectivity index is 2.68. The number of aliphatic hydroxyl groups is 1. The van der Waals surface area contributed by atoms with Gasteiger partial charge in [-0.25, -0.2) is 0 Å². The van der Waals surface area contributed by atoms with Crippen molar-refractivity contribution in [3.8, 4) is 5.75 Å². The summed E-state index contributed by atoms with van der Waals surface area (Å²) in [7, 11) is 0. The highest BCUT2D eigenvalue weighted by Crippen LogP contribution is 2.22. The predicted molar refractivity (Wildman–Crippen MR) is 63.3 cm³/mol. The molecule has 4 heteroatoms. The third-order valence-electron chi connectivity index (χ3n) is 1.93. The molecule has 0 radical (unpaired) electrons. The van der Waals surface area contributed by atoms with E-state index in [1.54, 1.807) is 24.3 Å². The zero-order valence-electron chi connectivity index (χ0n) is 9.19. The van der Waals surface area contributed by atoms with Gasteiger partial charge in [0.25, 0.3) is 0 Å². The van der Waals surface area contributed by atoms with Crippen LogP contribution in [0.25, 0.3) is 0 Å². The van der Waals surface area contributed by atoms with Gasteiger partial charge in [-0.1, -0.05) is 6.08 Å². The van der Waals surface area contributed by atoms with E-state index in [9.17, 15) is 0 Å². The number of ether oxygens (including phenoxy) is 2. The number of benzene rings is 1. The molecule has 0 aliphatic rings. The van der Waals surface area contributed by atoms with E-state index in [2.05, 4.69) is 6.58 Å². The first-order valence-corrected chi connectivity index (χ1v) is 5.08. The molecule has 1 rings (SSSR count). The van der Waals surface area contributed by atoms with Crippen molar-refractivity contribution in [2.24, 2.45) is 0 Å². The lowest BCUT2D eigenvalue weighted by Gasteiger charge is -2.11. The van der Waals surface area contributed by atoms with E-state index in [1.807, 2.05) is 0 Å². The molecule has 0 unspecified atom stereocenters. The van der Waals surface area contributed by atoms with E-state index < -0.39 is 0 Å². The molecule has 0 aromatic heterocycles. The van der Waals surface area contributed by atoms with Crippen LogP contribution in [-0.2, 0) is 11.3 Å². The van der Waals surface area contributed by atoms with Crippen LogP contribution >= 0.6 is 0 Å². The van der Waals surface area contributed by atoms with Crippen molar-refractivity contribution in [3.05, 3.63) is 36.4 Å². The largest absolute Gasteiger partial charge is 0.491 e. The second kappa shape index (κ2) is 6.87. The molecule has 0 bridgehead atoms. The van der Waals surface area contributed by atoms with E-state index in [0.717, 1.165) is 5.56 Å². The Morgan fingerprint density at radius 2 is 2.25 bits per heavy atom. The fourth-order valence-electron chi connectivity index (χ4n) is 1.26. The van der Waals surface area contributed by atoms with Gasteiger partial charge in [0.05, 0.1) is 19.8 Å². The minimum absolute atomic E-state index is 0.0165. The lowest BCUT2D eigenvalue weighted by Crippen LogP contribution is -2.05. The molecule has 4 nitrogen and oxygen atoms in total. The summed E-state index contributed by atoms with van der Waals surface area (Å²) >= 11 is 0. The maximum atomic E-state index is 8.69.